The number of carboxylic acids is 1. The molecule has 1 heterocycles. The SMILES string of the molecule is CCC(NC(=O)CC1(C(=O)O)CCC1)C1CCCO1. The topological polar surface area (TPSA) is 75.6 Å². The highest BCUT2D eigenvalue weighted by Crippen LogP contribution is 2.44. The molecule has 0 bridgehead atoms. The van der Waals surface area contributed by atoms with E-state index in [0.29, 0.717) is 12.8 Å². The van der Waals surface area contributed by atoms with Gasteiger partial charge in [-0.3, -0.25) is 9.59 Å². The maximum atomic E-state index is 12.1. The Hall–Kier alpha value is -1.10. The van der Waals surface area contributed by atoms with Crippen molar-refractivity contribution in [2.45, 2.75) is 64.0 Å². The quantitative estimate of drug-likeness (QED) is 0.769. The van der Waals surface area contributed by atoms with Gasteiger partial charge in [-0.1, -0.05) is 13.3 Å². The molecule has 1 aliphatic carbocycles. The number of ether oxygens (including phenoxy) is 1. The Morgan fingerprint density at radius 3 is 2.58 bits per heavy atom. The van der Waals surface area contributed by atoms with Crippen molar-refractivity contribution in [1.82, 2.24) is 5.32 Å². The van der Waals surface area contributed by atoms with Gasteiger partial charge in [-0.2, -0.15) is 0 Å². The van der Waals surface area contributed by atoms with E-state index >= 15 is 0 Å². The van der Waals surface area contributed by atoms with E-state index in [1.807, 2.05) is 6.92 Å². The first-order chi connectivity index (χ1) is 9.07. The molecule has 1 aliphatic heterocycles. The van der Waals surface area contributed by atoms with E-state index in [1.165, 1.54) is 0 Å². The molecule has 1 saturated carbocycles. The van der Waals surface area contributed by atoms with Gasteiger partial charge in [0.15, 0.2) is 0 Å². The lowest BCUT2D eigenvalue weighted by molar-refractivity contribution is -0.157. The summed E-state index contributed by atoms with van der Waals surface area (Å²) in [5, 5.41) is 12.2. The van der Waals surface area contributed by atoms with Crippen molar-refractivity contribution in [3.63, 3.8) is 0 Å². The first kappa shape index (κ1) is 14.3. The van der Waals surface area contributed by atoms with E-state index in [1.54, 1.807) is 0 Å². The maximum absolute atomic E-state index is 12.1. The minimum absolute atomic E-state index is 0.0147. The molecule has 0 aromatic heterocycles. The highest BCUT2D eigenvalue weighted by molar-refractivity contribution is 5.85. The van der Waals surface area contributed by atoms with Crippen LogP contribution in [0.3, 0.4) is 0 Å². The van der Waals surface area contributed by atoms with E-state index < -0.39 is 11.4 Å². The van der Waals surface area contributed by atoms with Gasteiger partial charge in [0, 0.05) is 13.0 Å². The third kappa shape index (κ3) is 3.08. The summed E-state index contributed by atoms with van der Waals surface area (Å²) in [6.45, 7) is 2.78. The van der Waals surface area contributed by atoms with Crippen molar-refractivity contribution in [2.24, 2.45) is 5.41 Å². The van der Waals surface area contributed by atoms with Crippen LogP contribution in [-0.4, -0.2) is 35.7 Å². The lowest BCUT2D eigenvalue weighted by Crippen LogP contribution is -2.47. The van der Waals surface area contributed by atoms with Crippen molar-refractivity contribution < 1.29 is 19.4 Å². The summed E-state index contributed by atoms with van der Waals surface area (Å²) >= 11 is 0. The molecule has 108 valence electrons. The van der Waals surface area contributed by atoms with Crippen molar-refractivity contribution in [2.75, 3.05) is 6.61 Å². The summed E-state index contributed by atoms with van der Waals surface area (Å²) in [5.41, 5.74) is -0.807. The fraction of sp³-hybridized carbons (Fsp3) is 0.857. The molecule has 2 rings (SSSR count). The number of amides is 1. The molecule has 2 unspecified atom stereocenters. The number of hydrogen-bond donors (Lipinski definition) is 2. The average Bonchev–Trinajstić information content (AvgIpc) is 2.83. The first-order valence-electron chi connectivity index (χ1n) is 7.22. The highest BCUT2D eigenvalue weighted by atomic mass is 16.5. The van der Waals surface area contributed by atoms with Gasteiger partial charge in [0.2, 0.25) is 5.91 Å². The van der Waals surface area contributed by atoms with Crippen molar-refractivity contribution in [3.05, 3.63) is 0 Å². The lowest BCUT2D eigenvalue weighted by Gasteiger charge is -2.37. The van der Waals surface area contributed by atoms with Crippen LogP contribution in [0.4, 0.5) is 0 Å². The molecule has 0 spiro atoms. The van der Waals surface area contributed by atoms with Crippen LogP contribution >= 0.6 is 0 Å². The summed E-state index contributed by atoms with van der Waals surface area (Å²) in [7, 11) is 0. The fourth-order valence-electron chi connectivity index (χ4n) is 3.01. The van der Waals surface area contributed by atoms with Crippen LogP contribution in [0.2, 0.25) is 0 Å². The molecular formula is C14H23NO4. The second kappa shape index (κ2) is 5.90. The molecule has 5 nitrogen and oxygen atoms in total. The highest BCUT2D eigenvalue weighted by Gasteiger charge is 2.46. The average molecular weight is 269 g/mol. The molecule has 1 saturated heterocycles. The van der Waals surface area contributed by atoms with Crippen molar-refractivity contribution >= 4 is 11.9 Å². The fourth-order valence-corrected chi connectivity index (χ4v) is 3.01. The van der Waals surface area contributed by atoms with Gasteiger partial charge in [0.1, 0.15) is 0 Å². The summed E-state index contributed by atoms with van der Waals surface area (Å²) in [6.07, 6.45) is 5.17. The number of carbonyl (C=O) groups is 2. The first-order valence-corrected chi connectivity index (χ1v) is 7.22. The van der Waals surface area contributed by atoms with Gasteiger partial charge in [0.25, 0.3) is 0 Å². The minimum atomic E-state index is -0.834. The van der Waals surface area contributed by atoms with Crippen molar-refractivity contribution in [3.8, 4) is 0 Å². The zero-order chi connectivity index (χ0) is 13.9. The summed E-state index contributed by atoms with van der Waals surface area (Å²) in [4.78, 5) is 23.3. The molecule has 1 amide bonds. The van der Waals surface area contributed by atoms with Crippen LogP contribution in [0.5, 0.6) is 0 Å². The van der Waals surface area contributed by atoms with Gasteiger partial charge >= 0.3 is 5.97 Å². The normalized spacial score (nSPS) is 26.5. The van der Waals surface area contributed by atoms with Gasteiger partial charge in [0.05, 0.1) is 17.6 Å². The number of rotatable bonds is 6. The van der Waals surface area contributed by atoms with E-state index in [4.69, 9.17) is 4.74 Å². The Morgan fingerprint density at radius 1 is 1.42 bits per heavy atom. The molecule has 2 fully saturated rings. The summed E-state index contributed by atoms with van der Waals surface area (Å²) < 4.78 is 5.59. The molecule has 2 atom stereocenters. The maximum Gasteiger partial charge on any atom is 0.310 e. The van der Waals surface area contributed by atoms with Crippen LogP contribution in [0.1, 0.15) is 51.9 Å². The third-order valence-corrected chi connectivity index (χ3v) is 4.46. The summed E-state index contributed by atoms with van der Waals surface area (Å²) in [5.74, 6) is -0.983. The Kier molecular flexibility index (Phi) is 4.45. The molecular weight excluding hydrogens is 246 g/mol. The van der Waals surface area contributed by atoms with Crippen molar-refractivity contribution in [1.29, 1.82) is 0 Å². The number of carboxylic acid groups (broad SMARTS) is 1. The Bertz CT molecular complexity index is 345. The van der Waals surface area contributed by atoms with Gasteiger partial charge in [-0.15, -0.1) is 0 Å². The lowest BCUT2D eigenvalue weighted by atomic mass is 9.66. The van der Waals surface area contributed by atoms with Crippen LogP contribution in [-0.2, 0) is 14.3 Å². The zero-order valence-corrected chi connectivity index (χ0v) is 11.5. The van der Waals surface area contributed by atoms with E-state index in [0.717, 1.165) is 32.3 Å². The third-order valence-electron chi connectivity index (χ3n) is 4.46. The molecule has 2 aliphatic rings. The molecule has 5 heteroatoms. The Balaban J connectivity index is 1.87. The molecule has 0 aromatic rings. The van der Waals surface area contributed by atoms with E-state index in [9.17, 15) is 14.7 Å². The molecule has 0 aromatic carbocycles. The molecule has 0 radical (unpaired) electrons. The smallest absolute Gasteiger partial charge is 0.310 e. The van der Waals surface area contributed by atoms with Crippen LogP contribution in [0.15, 0.2) is 0 Å². The Labute approximate surface area is 113 Å². The second-order valence-corrected chi connectivity index (χ2v) is 5.75. The molecule has 2 N–H and O–H groups in total. The van der Waals surface area contributed by atoms with Gasteiger partial charge in [-0.05, 0) is 32.1 Å². The zero-order valence-electron chi connectivity index (χ0n) is 11.5. The predicted octanol–water partition coefficient (Wildman–Crippen LogP) is 1.71. The number of nitrogens with one attached hydrogen (secondary N) is 1. The van der Waals surface area contributed by atoms with E-state index in [2.05, 4.69) is 5.32 Å². The van der Waals surface area contributed by atoms with Crippen LogP contribution in [0, 0.1) is 5.41 Å². The summed E-state index contributed by atoms with van der Waals surface area (Å²) in [6, 6.07) is 0.0147. The molecule has 19 heavy (non-hydrogen) atoms. The van der Waals surface area contributed by atoms with Gasteiger partial charge in [-0.25, -0.2) is 0 Å². The standard InChI is InChI=1S/C14H23NO4/c1-2-10(11-5-3-8-19-11)15-12(16)9-14(13(17)18)6-4-7-14/h10-11H,2-9H2,1H3,(H,15,16)(H,17,18). The minimum Gasteiger partial charge on any atom is -0.481 e. The predicted molar refractivity (Wildman–Crippen MR) is 69.7 cm³/mol. The largest absolute Gasteiger partial charge is 0.481 e. The number of carbonyl (C=O) groups excluding carboxylic acids is 1. The number of aliphatic carboxylic acids is 1. The van der Waals surface area contributed by atoms with Gasteiger partial charge < -0.3 is 15.2 Å². The van der Waals surface area contributed by atoms with Crippen LogP contribution < -0.4 is 5.32 Å². The van der Waals surface area contributed by atoms with Crippen LogP contribution in [0.25, 0.3) is 0 Å². The second-order valence-electron chi connectivity index (χ2n) is 5.75. The number of hydrogen-bond acceptors (Lipinski definition) is 3. The van der Waals surface area contributed by atoms with E-state index in [-0.39, 0.29) is 24.5 Å². The Morgan fingerprint density at radius 2 is 2.16 bits per heavy atom. The monoisotopic (exact) mass is 269 g/mol.